The van der Waals surface area contributed by atoms with E-state index in [1.807, 2.05) is 11.3 Å². The summed E-state index contributed by atoms with van der Waals surface area (Å²) in [6.45, 7) is 2.22. The van der Waals surface area contributed by atoms with Crippen molar-refractivity contribution in [1.82, 2.24) is 4.98 Å². The van der Waals surface area contributed by atoms with Gasteiger partial charge in [0.25, 0.3) is 0 Å². The highest BCUT2D eigenvalue weighted by Crippen LogP contribution is 2.50. The third-order valence-electron chi connectivity index (χ3n) is 5.38. The van der Waals surface area contributed by atoms with E-state index in [4.69, 9.17) is 4.98 Å². The minimum atomic E-state index is -0.00189. The van der Waals surface area contributed by atoms with Gasteiger partial charge in [-0.2, -0.15) is 0 Å². The van der Waals surface area contributed by atoms with E-state index in [-0.39, 0.29) is 28.5 Å². The van der Waals surface area contributed by atoms with Crippen LogP contribution in [-0.2, 0) is 19.3 Å². The zero-order valence-electron chi connectivity index (χ0n) is 13.9. The Bertz CT molecular complexity index is 743. The fourth-order valence-electron chi connectivity index (χ4n) is 4.17. The van der Waals surface area contributed by atoms with Crippen LogP contribution in [0.3, 0.4) is 0 Å². The number of aryl methyl sites for hydroxylation is 3. The first-order chi connectivity index (χ1) is 11.2. The third kappa shape index (κ3) is 2.97. The molecular formula is C19H24BrNO2S. The number of aromatic nitrogens is 1. The summed E-state index contributed by atoms with van der Waals surface area (Å²) in [6, 6.07) is 3.53. The first-order valence-corrected chi connectivity index (χ1v) is 9.52. The summed E-state index contributed by atoms with van der Waals surface area (Å²) >= 11 is 1.89. The Morgan fingerprint density at radius 3 is 2.71 bits per heavy atom. The summed E-state index contributed by atoms with van der Waals surface area (Å²) in [6.07, 6.45) is 8.00. The number of thiazole rings is 1. The van der Waals surface area contributed by atoms with Gasteiger partial charge < -0.3 is 10.2 Å². The van der Waals surface area contributed by atoms with Crippen molar-refractivity contribution in [2.45, 2.75) is 57.8 Å². The summed E-state index contributed by atoms with van der Waals surface area (Å²) in [7, 11) is 0. The normalized spacial score (nSPS) is 21.4. The molecule has 2 N–H and O–H groups in total. The van der Waals surface area contributed by atoms with Crippen molar-refractivity contribution in [2.75, 3.05) is 0 Å². The summed E-state index contributed by atoms with van der Waals surface area (Å²) in [5.41, 5.74) is 3.62. The van der Waals surface area contributed by atoms with Crippen molar-refractivity contribution in [3.63, 3.8) is 0 Å². The van der Waals surface area contributed by atoms with Gasteiger partial charge in [0, 0.05) is 10.8 Å². The van der Waals surface area contributed by atoms with Crippen molar-refractivity contribution in [2.24, 2.45) is 5.92 Å². The van der Waals surface area contributed by atoms with Crippen LogP contribution in [0.1, 0.15) is 65.2 Å². The quantitative estimate of drug-likeness (QED) is 0.691. The molecule has 1 aromatic heterocycles. The summed E-state index contributed by atoms with van der Waals surface area (Å²) in [5, 5.41) is 21.0. The second-order valence-corrected chi connectivity index (χ2v) is 8.04. The molecule has 130 valence electrons. The molecule has 2 aliphatic carbocycles. The van der Waals surface area contributed by atoms with Gasteiger partial charge in [-0.1, -0.05) is 13.3 Å². The maximum absolute atomic E-state index is 9.97. The molecule has 0 fully saturated rings. The molecule has 0 saturated carbocycles. The summed E-state index contributed by atoms with van der Waals surface area (Å²) in [5.74, 6) is 0.929. The Kier molecular flexibility index (Phi) is 5.21. The van der Waals surface area contributed by atoms with E-state index in [2.05, 4.69) is 6.92 Å². The molecule has 1 aromatic carbocycles. The highest BCUT2D eigenvalue weighted by molar-refractivity contribution is 8.93. The monoisotopic (exact) mass is 409 g/mol. The molecule has 0 bridgehead atoms. The lowest BCUT2D eigenvalue weighted by molar-refractivity contribution is 0.354. The van der Waals surface area contributed by atoms with E-state index in [0.717, 1.165) is 25.7 Å². The molecule has 0 spiro atoms. The number of hydrogen-bond donors (Lipinski definition) is 2. The predicted molar refractivity (Wildman–Crippen MR) is 103 cm³/mol. The van der Waals surface area contributed by atoms with Gasteiger partial charge in [-0.15, -0.1) is 28.3 Å². The molecule has 0 unspecified atom stereocenters. The molecule has 0 aliphatic heterocycles. The van der Waals surface area contributed by atoms with Gasteiger partial charge in [0.1, 0.15) is 0 Å². The Balaban J connectivity index is 0.00000169. The Labute approximate surface area is 157 Å². The number of benzene rings is 1. The van der Waals surface area contributed by atoms with Crippen LogP contribution in [0.4, 0.5) is 0 Å². The van der Waals surface area contributed by atoms with Gasteiger partial charge in [-0.25, -0.2) is 4.98 Å². The molecule has 2 aromatic rings. The maximum Gasteiger partial charge on any atom is 0.157 e. The minimum absolute atomic E-state index is 0. The SMILES string of the molecule is Br.CCCCc1nc2c(s1)CC[C@@H]1CCc3cc(O)c(O)cc3[C@@H]21. The van der Waals surface area contributed by atoms with Crippen LogP contribution >= 0.6 is 28.3 Å². The van der Waals surface area contributed by atoms with Crippen LogP contribution < -0.4 is 0 Å². The topological polar surface area (TPSA) is 53.4 Å². The lowest BCUT2D eigenvalue weighted by Gasteiger charge is -2.36. The fourth-order valence-corrected chi connectivity index (χ4v) is 5.34. The van der Waals surface area contributed by atoms with E-state index in [1.54, 1.807) is 12.1 Å². The number of unbranched alkanes of at least 4 members (excludes halogenated alkanes) is 1. The predicted octanol–water partition coefficient (Wildman–Crippen LogP) is 5.12. The van der Waals surface area contributed by atoms with Crippen molar-refractivity contribution < 1.29 is 10.2 Å². The summed E-state index contributed by atoms with van der Waals surface area (Å²) in [4.78, 5) is 6.44. The molecule has 1 heterocycles. The molecule has 2 aliphatic rings. The number of halogens is 1. The van der Waals surface area contributed by atoms with E-state index >= 15 is 0 Å². The second-order valence-electron chi connectivity index (χ2n) is 6.87. The first-order valence-electron chi connectivity index (χ1n) is 8.70. The number of nitrogens with zero attached hydrogens (tertiary/aromatic N) is 1. The molecule has 3 nitrogen and oxygen atoms in total. The van der Waals surface area contributed by atoms with Crippen LogP contribution in [-0.4, -0.2) is 15.2 Å². The number of fused-ring (bicyclic) bond motifs is 5. The number of hydrogen-bond acceptors (Lipinski definition) is 4. The van der Waals surface area contributed by atoms with E-state index in [1.165, 1.54) is 46.0 Å². The number of phenols is 2. The van der Waals surface area contributed by atoms with Crippen LogP contribution in [0.25, 0.3) is 0 Å². The number of aromatic hydroxyl groups is 2. The van der Waals surface area contributed by atoms with Crippen LogP contribution in [0.15, 0.2) is 12.1 Å². The molecule has 24 heavy (non-hydrogen) atoms. The molecule has 0 radical (unpaired) electrons. The standard InChI is InChI=1S/C19H23NO2S.BrH/c1-2-3-4-17-20-19-16(23-17)8-7-11-5-6-12-9-14(21)15(22)10-13(12)18(11)19;/h9-11,18,21-22H,2-8H2,1H3;1H/t11-,18-;/m0./s1. The highest BCUT2D eigenvalue weighted by atomic mass is 79.9. The lowest BCUT2D eigenvalue weighted by atomic mass is 9.69. The zero-order chi connectivity index (χ0) is 16.0. The van der Waals surface area contributed by atoms with Gasteiger partial charge in [0.15, 0.2) is 11.5 Å². The Morgan fingerprint density at radius 2 is 1.92 bits per heavy atom. The van der Waals surface area contributed by atoms with Crippen LogP contribution in [0.2, 0.25) is 0 Å². The van der Waals surface area contributed by atoms with Gasteiger partial charge in [0.2, 0.25) is 0 Å². The van der Waals surface area contributed by atoms with Crippen LogP contribution in [0.5, 0.6) is 11.5 Å². The largest absolute Gasteiger partial charge is 0.504 e. The van der Waals surface area contributed by atoms with Gasteiger partial charge in [0.05, 0.1) is 10.7 Å². The molecule has 2 atom stereocenters. The first kappa shape index (κ1) is 17.7. The average Bonchev–Trinajstić information content (AvgIpc) is 2.96. The fraction of sp³-hybridized carbons (Fsp3) is 0.526. The number of rotatable bonds is 3. The zero-order valence-corrected chi connectivity index (χ0v) is 16.4. The van der Waals surface area contributed by atoms with Crippen molar-refractivity contribution in [1.29, 1.82) is 0 Å². The smallest absolute Gasteiger partial charge is 0.157 e. The lowest BCUT2D eigenvalue weighted by Crippen LogP contribution is -2.26. The van der Waals surface area contributed by atoms with Crippen molar-refractivity contribution in [3.05, 3.63) is 38.8 Å². The van der Waals surface area contributed by atoms with Crippen molar-refractivity contribution >= 4 is 28.3 Å². The average molecular weight is 410 g/mol. The second kappa shape index (κ2) is 7.04. The van der Waals surface area contributed by atoms with Crippen LogP contribution in [0, 0.1) is 5.92 Å². The van der Waals surface area contributed by atoms with Gasteiger partial charge in [-0.3, -0.25) is 0 Å². The number of phenolic OH excluding ortho intramolecular Hbond substituents is 2. The van der Waals surface area contributed by atoms with Gasteiger partial charge >= 0.3 is 0 Å². The highest BCUT2D eigenvalue weighted by Gasteiger charge is 2.37. The van der Waals surface area contributed by atoms with Gasteiger partial charge in [-0.05, 0) is 67.7 Å². The molecule has 0 saturated heterocycles. The maximum atomic E-state index is 9.97. The minimum Gasteiger partial charge on any atom is -0.504 e. The van der Waals surface area contributed by atoms with E-state index < -0.39 is 0 Å². The summed E-state index contributed by atoms with van der Waals surface area (Å²) < 4.78 is 0. The third-order valence-corrected chi connectivity index (χ3v) is 6.57. The molecule has 0 amide bonds. The van der Waals surface area contributed by atoms with E-state index in [9.17, 15) is 10.2 Å². The molecule has 5 heteroatoms. The molecule has 4 rings (SSSR count). The Hall–Kier alpha value is -1.07. The van der Waals surface area contributed by atoms with Crippen molar-refractivity contribution in [3.8, 4) is 11.5 Å². The van der Waals surface area contributed by atoms with E-state index in [0.29, 0.717) is 11.8 Å². The Morgan fingerprint density at radius 1 is 1.17 bits per heavy atom. The molecular weight excluding hydrogens is 386 g/mol.